The van der Waals surface area contributed by atoms with E-state index in [0.29, 0.717) is 0 Å². The largest absolute Gasteiger partial charge is 0.411 e. The van der Waals surface area contributed by atoms with E-state index in [2.05, 4.69) is 34.3 Å². The highest BCUT2D eigenvalue weighted by molar-refractivity contribution is 5.96. The van der Waals surface area contributed by atoms with Crippen molar-refractivity contribution < 1.29 is 5.21 Å². The normalized spacial score (nSPS) is 27.3. The van der Waals surface area contributed by atoms with Gasteiger partial charge < -0.3 is 5.21 Å². The quantitative estimate of drug-likeness (QED) is 0.594. The van der Waals surface area contributed by atoms with E-state index in [9.17, 15) is 5.21 Å². The Hall–Kier alpha value is -1.35. The monoisotopic (exact) mass is 230 g/mol. The van der Waals surface area contributed by atoms with E-state index in [4.69, 9.17) is 0 Å². The van der Waals surface area contributed by atoms with Crippen molar-refractivity contribution in [1.29, 1.82) is 0 Å². The van der Waals surface area contributed by atoms with Gasteiger partial charge in [0.25, 0.3) is 0 Å². The molecule has 90 valence electrons. The van der Waals surface area contributed by atoms with Crippen LogP contribution >= 0.6 is 0 Å². The highest BCUT2D eigenvalue weighted by atomic mass is 16.4. The maximum Gasteiger partial charge on any atom is 0.0831 e. The lowest BCUT2D eigenvalue weighted by Gasteiger charge is -2.32. The molecule has 3 heteroatoms. The predicted octanol–water partition coefficient (Wildman–Crippen LogP) is 2.60. The highest BCUT2D eigenvalue weighted by Crippen LogP contribution is 2.35. The third-order valence-electron chi connectivity index (χ3n) is 3.92. The number of rotatable bonds is 1. The molecule has 1 unspecified atom stereocenters. The molecule has 0 saturated carbocycles. The Kier molecular flexibility index (Phi) is 2.85. The van der Waals surface area contributed by atoms with Crippen LogP contribution in [0.3, 0.4) is 0 Å². The van der Waals surface area contributed by atoms with Crippen LogP contribution in [-0.2, 0) is 6.42 Å². The minimum atomic E-state index is 0.219. The third kappa shape index (κ3) is 1.84. The molecular weight excluding hydrogens is 212 g/mol. The van der Waals surface area contributed by atoms with Crippen molar-refractivity contribution in [2.45, 2.75) is 31.7 Å². The van der Waals surface area contributed by atoms with Gasteiger partial charge in [-0.1, -0.05) is 35.8 Å². The van der Waals surface area contributed by atoms with Crippen LogP contribution in [0.25, 0.3) is 0 Å². The zero-order valence-electron chi connectivity index (χ0n) is 9.97. The standard InChI is InChI=1S/C14H18N2O/c17-15-13-10-11-6-2-3-7-12(11)14(13)16-8-4-1-5-9-16/h2-3,6-7,14,17H,1,4-5,8-10H2. The van der Waals surface area contributed by atoms with Crippen molar-refractivity contribution in [3.8, 4) is 0 Å². The minimum Gasteiger partial charge on any atom is -0.411 e. The zero-order chi connectivity index (χ0) is 11.7. The van der Waals surface area contributed by atoms with Gasteiger partial charge in [-0.2, -0.15) is 0 Å². The fraction of sp³-hybridized carbons (Fsp3) is 0.500. The molecule has 0 aromatic heterocycles. The summed E-state index contributed by atoms with van der Waals surface area (Å²) in [7, 11) is 0. The first-order valence-corrected chi connectivity index (χ1v) is 6.43. The minimum absolute atomic E-state index is 0.219. The van der Waals surface area contributed by atoms with Gasteiger partial charge in [0.05, 0.1) is 11.8 Å². The molecule has 1 atom stereocenters. The molecule has 0 spiro atoms. The lowest BCUT2D eigenvalue weighted by Crippen LogP contribution is -2.36. The van der Waals surface area contributed by atoms with Crippen LogP contribution in [0.1, 0.15) is 36.4 Å². The lowest BCUT2D eigenvalue weighted by molar-refractivity contribution is 0.199. The van der Waals surface area contributed by atoms with Crippen molar-refractivity contribution >= 4 is 5.71 Å². The average Bonchev–Trinajstić information content (AvgIpc) is 2.78. The van der Waals surface area contributed by atoms with Gasteiger partial charge in [-0.15, -0.1) is 0 Å². The number of piperidine rings is 1. The smallest absolute Gasteiger partial charge is 0.0831 e. The van der Waals surface area contributed by atoms with Crippen molar-refractivity contribution in [1.82, 2.24) is 4.90 Å². The molecule has 1 aromatic rings. The maximum atomic E-state index is 9.20. The molecule has 1 aliphatic carbocycles. The van der Waals surface area contributed by atoms with Gasteiger partial charge in [0.2, 0.25) is 0 Å². The summed E-state index contributed by atoms with van der Waals surface area (Å²) in [6.45, 7) is 2.25. The molecular formula is C14H18N2O. The van der Waals surface area contributed by atoms with Crippen LogP contribution in [0.5, 0.6) is 0 Å². The molecule has 0 bridgehead atoms. The Labute approximate surface area is 102 Å². The van der Waals surface area contributed by atoms with Gasteiger partial charge in [0.1, 0.15) is 0 Å². The van der Waals surface area contributed by atoms with Crippen molar-refractivity contribution in [3.63, 3.8) is 0 Å². The first-order chi connectivity index (χ1) is 8.40. The van der Waals surface area contributed by atoms with E-state index in [0.717, 1.165) is 25.2 Å². The summed E-state index contributed by atoms with van der Waals surface area (Å²) in [4.78, 5) is 2.46. The van der Waals surface area contributed by atoms with E-state index in [-0.39, 0.29) is 6.04 Å². The molecule has 3 nitrogen and oxygen atoms in total. The molecule has 1 saturated heterocycles. The number of benzene rings is 1. The Balaban J connectivity index is 1.95. The van der Waals surface area contributed by atoms with E-state index in [1.807, 2.05) is 0 Å². The molecule has 1 aromatic carbocycles. The third-order valence-corrected chi connectivity index (χ3v) is 3.92. The molecule has 1 aliphatic heterocycles. The lowest BCUT2D eigenvalue weighted by atomic mass is 10.0. The van der Waals surface area contributed by atoms with Gasteiger partial charge in [0.15, 0.2) is 0 Å². The Bertz CT molecular complexity index is 436. The molecule has 17 heavy (non-hydrogen) atoms. The Morgan fingerprint density at radius 1 is 1.12 bits per heavy atom. The van der Waals surface area contributed by atoms with Gasteiger partial charge in [-0.3, -0.25) is 4.90 Å². The van der Waals surface area contributed by atoms with Gasteiger partial charge in [-0.25, -0.2) is 0 Å². The van der Waals surface area contributed by atoms with E-state index >= 15 is 0 Å². The van der Waals surface area contributed by atoms with Crippen LogP contribution in [0.15, 0.2) is 29.4 Å². The summed E-state index contributed by atoms with van der Waals surface area (Å²) in [5, 5.41) is 12.7. The Morgan fingerprint density at radius 3 is 2.65 bits per heavy atom. The van der Waals surface area contributed by atoms with Gasteiger partial charge in [0, 0.05) is 6.42 Å². The molecule has 1 heterocycles. The number of oxime groups is 1. The molecule has 1 fully saturated rings. The molecule has 2 aliphatic rings. The summed E-state index contributed by atoms with van der Waals surface area (Å²) in [5.74, 6) is 0. The number of hydrogen-bond acceptors (Lipinski definition) is 3. The van der Waals surface area contributed by atoms with Gasteiger partial charge >= 0.3 is 0 Å². The SMILES string of the molecule is ON=C1Cc2ccccc2C1N1CCCCC1. The zero-order valence-corrected chi connectivity index (χ0v) is 9.97. The topological polar surface area (TPSA) is 35.8 Å². The number of nitrogens with zero attached hydrogens (tertiary/aromatic N) is 2. The first-order valence-electron chi connectivity index (χ1n) is 6.43. The number of likely N-dealkylation sites (tertiary alicyclic amines) is 1. The van der Waals surface area contributed by atoms with Crippen molar-refractivity contribution in [2.75, 3.05) is 13.1 Å². The van der Waals surface area contributed by atoms with Crippen LogP contribution in [0.2, 0.25) is 0 Å². The van der Waals surface area contributed by atoms with E-state index < -0.39 is 0 Å². The second-order valence-corrected chi connectivity index (χ2v) is 4.97. The molecule has 3 rings (SSSR count). The van der Waals surface area contributed by atoms with Crippen LogP contribution < -0.4 is 0 Å². The summed E-state index contributed by atoms with van der Waals surface area (Å²) >= 11 is 0. The summed E-state index contributed by atoms with van der Waals surface area (Å²) in [6, 6.07) is 8.68. The van der Waals surface area contributed by atoms with Crippen LogP contribution in [0.4, 0.5) is 0 Å². The second kappa shape index (κ2) is 4.49. The maximum absolute atomic E-state index is 9.20. The molecule has 0 amide bonds. The highest BCUT2D eigenvalue weighted by Gasteiger charge is 2.34. The molecule has 1 N–H and O–H groups in total. The average molecular weight is 230 g/mol. The van der Waals surface area contributed by atoms with E-state index in [1.165, 1.54) is 30.4 Å². The number of fused-ring (bicyclic) bond motifs is 1. The summed E-state index contributed by atoms with van der Waals surface area (Å²) < 4.78 is 0. The second-order valence-electron chi connectivity index (χ2n) is 4.97. The Morgan fingerprint density at radius 2 is 1.88 bits per heavy atom. The number of hydrogen-bond donors (Lipinski definition) is 1. The molecule has 0 radical (unpaired) electrons. The fourth-order valence-electron chi connectivity index (χ4n) is 3.11. The van der Waals surface area contributed by atoms with E-state index in [1.54, 1.807) is 0 Å². The van der Waals surface area contributed by atoms with Crippen LogP contribution in [-0.4, -0.2) is 28.9 Å². The summed E-state index contributed by atoms with van der Waals surface area (Å²) in [5.41, 5.74) is 3.56. The first kappa shape index (κ1) is 10.8. The predicted molar refractivity (Wildman–Crippen MR) is 67.5 cm³/mol. The fourth-order valence-corrected chi connectivity index (χ4v) is 3.11. The van der Waals surface area contributed by atoms with Crippen molar-refractivity contribution in [3.05, 3.63) is 35.4 Å². The van der Waals surface area contributed by atoms with Crippen molar-refractivity contribution in [2.24, 2.45) is 5.16 Å². The van der Waals surface area contributed by atoms with Gasteiger partial charge in [-0.05, 0) is 37.1 Å². The van der Waals surface area contributed by atoms with Crippen LogP contribution in [0, 0.1) is 0 Å². The summed E-state index contributed by atoms with van der Waals surface area (Å²) in [6.07, 6.45) is 4.65.